The Bertz CT molecular complexity index is 478. The number of piperidine rings is 1. The monoisotopic (exact) mass is 301 g/mol. The van der Waals surface area contributed by atoms with Crippen LogP contribution in [0.5, 0.6) is 0 Å². The van der Waals surface area contributed by atoms with Crippen LogP contribution in [0.1, 0.15) is 24.0 Å². The van der Waals surface area contributed by atoms with E-state index in [1.54, 1.807) is 12.1 Å². The van der Waals surface area contributed by atoms with E-state index in [4.69, 9.17) is 5.73 Å². The van der Waals surface area contributed by atoms with Gasteiger partial charge in [-0.15, -0.1) is 0 Å². The first-order valence-corrected chi connectivity index (χ1v) is 7.14. The zero-order chi connectivity index (χ0) is 15.6. The Morgan fingerprint density at radius 1 is 1.24 bits per heavy atom. The molecule has 0 saturated carbocycles. The molecule has 6 heteroatoms. The lowest BCUT2D eigenvalue weighted by Gasteiger charge is -2.36. The van der Waals surface area contributed by atoms with Crippen LogP contribution in [0.4, 0.5) is 18.9 Å². The summed E-state index contributed by atoms with van der Waals surface area (Å²) in [6, 6.07) is 4.83. The molecular formula is C15H22F3N3. The second-order valence-electron chi connectivity index (χ2n) is 5.73. The molecule has 0 aromatic heterocycles. The van der Waals surface area contributed by atoms with Crippen LogP contribution in [0.25, 0.3) is 0 Å². The van der Waals surface area contributed by atoms with Gasteiger partial charge in [0.1, 0.15) is 0 Å². The fourth-order valence-corrected chi connectivity index (χ4v) is 2.86. The Kier molecular flexibility index (Phi) is 4.78. The van der Waals surface area contributed by atoms with Crippen LogP contribution in [0.15, 0.2) is 18.2 Å². The number of rotatable bonds is 3. The molecule has 2 rings (SSSR count). The Balaban J connectivity index is 2.15. The summed E-state index contributed by atoms with van der Waals surface area (Å²) in [4.78, 5) is 4.34. The maximum Gasteiger partial charge on any atom is 0.416 e. The van der Waals surface area contributed by atoms with Crippen LogP contribution >= 0.6 is 0 Å². The van der Waals surface area contributed by atoms with E-state index in [9.17, 15) is 13.2 Å². The van der Waals surface area contributed by atoms with Gasteiger partial charge in [-0.2, -0.15) is 13.2 Å². The van der Waals surface area contributed by atoms with Gasteiger partial charge in [0.15, 0.2) is 0 Å². The van der Waals surface area contributed by atoms with Gasteiger partial charge in [0.2, 0.25) is 0 Å². The minimum atomic E-state index is -4.34. The molecule has 1 aliphatic rings. The lowest BCUT2D eigenvalue weighted by molar-refractivity contribution is -0.138. The minimum absolute atomic E-state index is 0.100. The van der Waals surface area contributed by atoms with Crippen molar-refractivity contribution in [2.24, 2.45) is 5.73 Å². The summed E-state index contributed by atoms with van der Waals surface area (Å²) < 4.78 is 38.6. The van der Waals surface area contributed by atoms with E-state index in [0.29, 0.717) is 6.04 Å². The highest BCUT2D eigenvalue weighted by Crippen LogP contribution is 2.34. The third-order valence-corrected chi connectivity index (χ3v) is 4.17. The van der Waals surface area contributed by atoms with E-state index in [1.165, 1.54) is 0 Å². The molecule has 1 fully saturated rings. The Morgan fingerprint density at radius 3 is 2.33 bits per heavy atom. The summed E-state index contributed by atoms with van der Waals surface area (Å²) in [5.74, 6) is 0. The predicted molar refractivity (Wildman–Crippen MR) is 78.3 cm³/mol. The highest BCUT2D eigenvalue weighted by molar-refractivity contribution is 5.52. The smallest absolute Gasteiger partial charge is 0.371 e. The standard InChI is InChI=1S/C15H22F3N3/c1-20(2)12-5-7-21(8-6-12)13-3-4-14(15(16,17)18)11(9-13)10-19/h3-4,9,12H,5-8,10,19H2,1-2H3. The Morgan fingerprint density at radius 2 is 1.86 bits per heavy atom. The zero-order valence-corrected chi connectivity index (χ0v) is 12.5. The van der Waals surface area contributed by atoms with E-state index in [2.05, 4.69) is 23.9 Å². The van der Waals surface area contributed by atoms with Crippen molar-refractivity contribution in [1.82, 2.24) is 4.90 Å². The first-order chi connectivity index (χ1) is 9.82. The highest BCUT2D eigenvalue weighted by Gasteiger charge is 2.33. The molecular weight excluding hydrogens is 279 g/mol. The van der Waals surface area contributed by atoms with Gasteiger partial charge in [0, 0.05) is 31.4 Å². The van der Waals surface area contributed by atoms with Crippen LogP contribution < -0.4 is 10.6 Å². The topological polar surface area (TPSA) is 32.5 Å². The highest BCUT2D eigenvalue weighted by atomic mass is 19.4. The molecule has 3 nitrogen and oxygen atoms in total. The quantitative estimate of drug-likeness (QED) is 0.931. The van der Waals surface area contributed by atoms with Crippen molar-refractivity contribution >= 4 is 5.69 Å². The van der Waals surface area contributed by atoms with Crippen LogP contribution in [0, 0.1) is 0 Å². The number of hydrogen-bond acceptors (Lipinski definition) is 3. The Labute approximate surface area is 123 Å². The molecule has 0 spiro atoms. The molecule has 0 atom stereocenters. The van der Waals surface area contributed by atoms with Crippen molar-refractivity contribution in [2.75, 3.05) is 32.1 Å². The number of anilines is 1. The number of alkyl halides is 3. The van der Waals surface area contributed by atoms with Crippen LogP contribution in [0.2, 0.25) is 0 Å². The molecule has 1 aromatic rings. The summed E-state index contributed by atoms with van der Waals surface area (Å²) in [6.45, 7) is 1.62. The lowest BCUT2D eigenvalue weighted by atomic mass is 10.0. The second kappa shape index (κ2) is 6.23. The van der Waals surface area contributed by atoms with Gasteiger partial charge in [-0.25, -0.2) is 0 Å². The summed E-state index contributed by atoms with van der Waals surface area (Å²) >= 11 is 0. The first kappa shape index (κ1) is 16.1. The fraction of sp³-hybridized carbons (Fsp3) is 0.600. The summed E-state index contributed by atoms with van der Waals surface area (Å²) in [5.41, 5.74) is 5.85. The van der Waals surface area contributed by atoms with E-state index in [0.717, 1.165) is 37.7 Å². The molecule has 1 aliphatic heterocycles. The second-order valence-corrected chi connectivity index (χ2v) is 5.73. The van der Waals surface area contributed by atoms with Gasteiger partial charge >= 0.3 is 6.18 Å². The van der Waals surface area contributed by atoms with Gasteiger partial charge in [-0.3, -0.25) is 0 Å². The number of nitrogens with zero attached hydrogens (tertiary/aromatic N) is 2. The summed E-state index contributed by atoms with van der Waals surface area (Å²) in [6.07, 6.45) is -2.30. The lowest BCUT2D eigenvalue weighted by Crippen LogP contribution is -2.42. The minimum Gasteiger partial charge on any atom is -0.371 e. The molecule has 1 aromatic carbocycles. The zero-order valence-electron chi connectivity index (χ0n) is 12.5. The molecule has 0 radical (unpaired) electrons. The molecule has 1 heterocycles. The predicted octanol–water partition coefficient (Wildman–Crippen LogP) is 2.69. The van der Waals surface area contributed by atoms with Crippen molar-refractivity contribution in [2.45, 2.75) is 31.6 Å². The molecule has 21 heavy (non-hydrogen) atoms. The van der Waals surface area contributed by atoms with E-state index >= 15 is 0 Å². The van der Waals surface area contributed by atoms with Gasteiger partial charge in [-0.1, -0.05) is 0 Å². The van der Waals surface area contributed by atoms with E-state index < -0.39 is 11.7 Å². The van der Waals surface area contributed by atoms with E-state index in [-0.39, 0.29) is 12.1 Å². The number of nitrogens with two attached hydrogens (primary N) is 1. The van der Waals surface area contributed by atoms with E-state index in [1.807, 2.05) is 0 Å². The van der Waals surface area contributed by atoms with Crippen LogP contribution in [-0.4, -0.2) is 38.1 Å². The largest absolute Gasteiger partial charge is 0.416 e. The molecule has 1 saturated heterocycles. The number of benzene rings is 1. The average molecular weight is 301 g/mol. The molecule has 0 bridgehead atoms. The Hall–Kier alpha value is -1.27. The van der Waals surface area contributed by atoms with Gasteiger partial charge in [0.05, 0.1) is 5.56 Å². The molecule has 2 N–H and O–H groups in total. The third-order valence-electron chi connectivity index (χ3n) is 4.17. The van der Waals surface area contributed by atoms with Gasteiger partial charge in [-0.05, 0) is 50.7 Å². The van der Waals surface area contributed by atoms with Gasteiger partial charge in [0.25, 0.3) is 0 Å². The fourth-order valence-electron chi connectivity index (χ4n) is 2.86. The molecule has 0 unspecified atom stereocenters. The SMILES string of the molecule is CN(C)C1CCN(c2ccc(C(F)(F)F)c(CN)c2)CC1. The summed E-state index contributed by atoms with van der Waals surface area (Å²) in [7, 11) is 4.12. The maximum absolute atomic E-state index is 12.9. The molecule has 118 valence electrons. The first-order valence-electron chi connectivity index (χ1n) is 7.14. The van der Waals surface area contributed by atoms with Gasteiger partial charge < -0.3 is 15.5 Å². The molecule has 0 amide bonds. The number of halogens is 3. The number of hydrogen-bond donors (Lipinski definition) is 1. The van der Waals surface area contributed by atoms with Crippen molar-refractivity contribution in [3.8, 4) is 0 Å². The van der Waals surface area contributed by atoms with Crippen molar-refractivity contribution in [3.63, 3.8) is 0 Å². The third kappa shape index (κ3) is 3.68. The van der Waals surface area contributed by atoms with Crippen LogP contribution in [0.3, 0.4) is 0 Å². The van der Waals surface area contributed by atoms with Crippen molar-refractivity contribution < 1.29 is 13.2 Å². The maximum atomic E-state index is 12.9. The van der Waals surface area contributed by atoms with Crippen molar-refractivity contribution in [3.05, 3.63) is 29.3 Å². The summed E-state index contributed by atoms with van der Waals surface area (Å²) in [5, 5.41) is 0. The molecule has 0 aliphatic carbocycles. The average Bonchev–Trinajstić information content (AvgIpc) is 2.45. The van der Waals surface area contributed by atoms with Crippen molar-refractivity contribution in [1.29, 1.82) is 0 Å². The van der Waals surface area contributed by atoms with Crippen LogP contribution in [-0.2, 0) is 12.7 Å². The normalized spacial score (nSPS) is 17.6.